The number of amides is 2. The number of carbonyl (C=O) groups is 2. The minimum absolute atomic E-state index is 0.0436. The summed E-state index contributed by atoms with van der Waals surface area (Å²) < 4.78 is 16.1. The van der Waals surface area contributed by atoms with Crippen molar-refractivity contribution in [1.29, 1.82) is 0 Å². The molecule has 0 aliphatic heterocycles. The standard InChI is InChI=1S/C19H16BrFN4O2/c1-11-9-18(22-12(2)26)25(24-11)15-6-4-14(5-7-15)23-19(27)16-8-3-13(20)10-17(16)21/h3-10H,1-2H3,(H,22,26)(H,23,27). The fourth-order valence-electron chi connectivity index (χ4n) is 2.52. The lowest BCUT2D eigenvalue weighted by Crippen LogP contribution is -2.14. The Labute approximate surface area is 163 Å². The highest BCUT2D eigenvalue weighted by molar-refractivity contribution is 9.10. The van der Waals surface area contributed by atoms with E-state index in [1.165, 1.54) is 19.1 Å². The first-order valence-electron chi connectivity index (χ1n) is 8.04. The van der Waals surface area contributed by atoms with Gasteiger partial charge in [-0.05, 0) is 49.4 Å². The highest BCUT2D eigenvalue weighted by atomic mass is 79.9. The van der Waals surface area contributed by atoms with Gasteiger partial charge >= 0.3 is 0 Å². The van der Waals surface area contributed by atoms with Crippen molar-refractivity contribution >= 4 is 39.2 Å². The monoisotopic (exact) mass is 430 g/mol. The Bertz CT molecular complexity index is 1020. The predicted octanol–water partition coefficient (Wildman–Crippen LogP) is 4.29. The van der Waals surface area contributed by atoms with Crippen LogP contribution in [0.3, 0.4) is 0 Å². The third-order valence-electron chi connectivity index (χ3n) is 3.68. The Balaban J connectivity index is 1.80. The van der Waals surface area contributed by atoms with Crippen molar-refractivity contribution in [3.63, 3.8) is 0 Å². The number of hydrogen-bond donors (Lipinski definition) is 2. The van der Waals surface area contributed by atoms with Crippen molar-refractivity contribution < 1.29 is 14.0 Å². The SMILES string of the molecule is CC(=O)Nc1cc(C)nn1-c1ccc(NC(=O)c2ccc(Br)cc2F)cc1. The number of carbonyl (C=O) groups excluding carboxylic acids is 2. The Morgan fingerprint density at radius 3 is 2.41 bits per heavy atom. The molecule has 0 unspecified atom stereocenters. The van der Waals surface area contributed by atoms with Crippen molar-refractivity contribution in [3.8, 4) is 5.69 Å². The fraction of sp³-hybridized carbons (Fsp3) is 0.105. The van der Waals surface area contributed by atoms with Crippen molar-refractivity contribution in [3.05, 3.63) is 70.1 Å². The molecule has 0 radical (unpaired) electrons. The average molecular weight is 431 g/mol. The molecule has 0 saturated carbocycles. The van der Waals surface area contributed by atoms with Crippen LogP contribution in [-0.4, -0.2) is 21.6 Å². The smallest absolute Gasteiger partial charge is 0.258 e. The maximum Gasteiger partial charge on any atom is 0.258 e. The highest BCUT2D eigenvalue weighted by Crippen LogP contribution is 2.21. The number of nitrogens with one attached hydrogen (secondary N) is 2. The van der Waals surface area contributed by atoms with Crippen LogP contribution >= 0.6 is 15.9 Å². The molecule has 27 heavy (non-hydrogen) atoms. The third kappa shape index (κ3) is 4.40. The first-order chi connectivity index (χ1) is 12.8. The quantitative estimate of drug-likeness (QED) is 0.647. The Morgan fingerprint density at radius 1 is 1.07 bits per heavy atom. The molecule has 138 valence electrons. The molecule has 0 aliphatic carbocycles. The lowest BCUT2D eigenvalue weighted by Gasteiger charge is -2.10. The Morgan fingerprint density at radius 2 is 1.78 bits per heavy atom. The van der Waals surface area contributed by atoms with Gasteiger partial charge in [0.1, 0.15) is 11.6 Å². The van der Waals surface area contributed by atoms with Crippen molar-refractivity contribution in [2.75, 3.05) is 10.6 Å². The summed E-state index contributed by atoms with van der Waals surface area (Å²) in [6, 6.07) is 12.8. The van der Waals surface area contributed by atoms with Gasteiger partial charge in [0.15, 0.2) is 0 Å². The van der Waals surface area contributed by atoms with Crippen molar-refractivity contribution in [2.45, 2.75) is 13.8 Å². The van der Waals surface area contributed by atoms with Crippen molar-refractivity contribution in [1.82, 2.24) is 9.78 Å². The lowest BCUT2D eigenvalue weighted by molar-refractivity contribution is -0.114. The van der Waals surface area contributed by atoms with Gasteiger partial charge in [0.2, 0.25) is 5.91 Å². The zero-order valence-electron chi connectivity index (χ0n) is 14.6. The number of benzene rings is 2. The number of hydrogen-bond acceptors (Lipinski definition) is 3. The van der Waals surface area contributed by atoms with Crippen LogP contribution in [0.25, 0.3) is 5.69 Å². The van der Waals surface area contributed by atoms with Gasteiger partial charge in [-0.15, -0.1) is 0 Å². The molecule has 2 N–H and O–H groups in total. The summed E-state index contributed by atoms with van der Waals surface area (Å²) in [7, 11) is 0. The van der Waals surface area contributed by atoms with Crippen LogP contribution in [-0.2, 0) is 4.79 Å². The molecule has 0 bridgehead atoms. The zero-order valence-corrected chi connectivity index (χ0v) is 16.2. The molecule has 2 aromatic carbocycles. The minimum atomic E-state index is -0.606. The Hall–Kier alpha value is -3.00. The number of anilines is 2. The van der Waals surface area contributed by atoms with Crippen LogP contribution in [0.5, 0.6) is 0 Å². The molecule has 6 nitrogen and oxygen atoms in total. The number of aromatic nitrogens is 2. The van der Waals surface area contributed by atoms with Gasteiger partial charge in [0.25, 0.3) is 5.91 Å². The van der Waals surface area contributed by atoms with Crippen LogP contribution in [0.15, 0.2) is 53.0 Å². The molecular weight excluding hydrogens is 415 g/mol. The highest BCUT2D eigenvalue weighted by Gasteiger charge is 2.13. The summed E-state index contributed by atoms with van der Waals surface area (Å²) in [6.45, 7) is 3.25. The van der Waals surface area contributed by atoms with Crippen LogP contribution in [0.1, 0.15) is 23.0 Å². The van der Waals surface area contributed by atoms with Gasteiger partial charge in [-0.25, -0.2) is 9.07 Å². The van der Waals surface area contributed by atoms with E-state index in [-0.39, 0.29) is 11.5 Å². The van der Waals surface area contributed by atoms with E-state index in [1.54, 1.807) is 41.1 Å². The molecule has 0 spiro atoms. The van der Waals surface area contributed by atoms with Crippen LogP contribution in [0.2, 0.25) is 0 Å². The second-order valence-electron chi connectivity index (χ2n) is 5.89. The molecule has 0 fully saturated rings. The predicted molar refractivity (Wildman–Crippen MR) is 105 cm³/mol. The van der Waals surface area contributed by atoms with E-state index in [0.717, 1.165) is 5.69 Å². The zero-order chi connectivity index (χ0) is 19.6. The third-order valence-corrected chi connectivity index (χ3v) is 4.17. The van der Waals surface area contributed by atoms with Gasteiger partial charge in [-0.3, -0.25) is 9.59 Å². The molecular formula is C19H16BrFN4O2. The van der Waals surface area contributed by atoms with Gasteiger partial charge in [-0.1, -0.05) is 15.9 Å². The van der Waals surface area contributed by atoms with Crippen molar-refractivity contribution in [2.24, 2.45) is 0 Å². The van der Waals surface area contributed by atoms with E-state index in [4.69, 9.17) is 0 Å². The second-order valence-corrected chi connectivity index (χ2v) is 6.80. The molecule has 0 atom stereocenters. The van der Waals surface area contributed by atoms with E-state index >= 15 is 0 Å². The maximum absolute atomic E-state index is 13.9. The number of nitrogens with zero attached hydrogens (tertiary/aromatic N) is 2. The topological polar surface area (TPSA) is 76.0 Å². The van der Waals surface area contributed by atoms with E-state index in [2.05, 4.69) is 31.7 Å². The first kappa shape index (κ1) is 18.8. The first-order valence-corrected chi connectivity index (χ1v) is 8.84. The molecule has 1 heterocycles. The molecule has 3 rings (SSSR count). The number of aryl methyl sites for hydroxylation is 1. The van der Waals surface area contributed by atoms with Crippen LogP contribution in [0.4, 0.5) is 15.9 Å². The Kier molecular flexibility index (Phi) is 5.36. The van der Waals surface area contributed by atoms with Gasteiger partial charge < -0.3 is 10.6 Å². The van der Waals surface area contributed by atoms with Gasteiger partial charge in [-0.2, -0.15) is 5.10 Å². The number of halogens is 2. The molecule has 0 saturated heterocycles. The molecule has 3 aromatic rings. The maximum atomic E-state index is 13.9. The summed E-state index contributed by atoms with van der Waals surface area (Å²) in [6.07, 6.45) is 0. The van der Waals surface area contributed by atoms with Crippen LogP contribution < -0.4 is 10.6 Å². The normalized spacial score (nSPS) is 10.5. The van der Waals surface area contributed by atoms with E-state index in [0.29, 0.717) is 21.7 Å². The van der Waals surface area contributed by atoms with Gasteiger partial charge in [0.05, 0.1) is 16.9 Å². The summed E-state index contributed by atoms with van der Waals surface area (Å²) >= 11 is 3.16. The molecule has 8 heteroatoms. The molecule has 1 aromatic heterocycles. The summed E-state index contributed by atoms with van der Waals surface area (Å²) in [5.41, 5.74) is 1.93. The molecule has 0 aliphatic rings. The van der Waals surface area contributed by atoms with Crippen LogP contribution in [0, 0.1) is 12.7 Å². The summed E-state index contributed by atoms with van der Waals surface area (Å²) in [5.74, 6) is -0.794. The van der Waals surface area contributed by atoms with Gasteiger partial charge in [0, 0.05) is 23.2 Å². The molecule has 2 amide bonds. The van der Waals surface area contributed by atoms with E-state index < -0.39 is 11.7 Å². The number of rotatable bonds is 4. The summed E-state index contributed by atoms with van der Waals surface area (Å²) in [4.78, 5) is 23.6. The van der Waals surface area contributed by atoms with E-state index in [9.17, 15) is 14.0 Å². The average Bonchev–Trinajstić information content (AvgIpc) is 2.95. The fourth-order valence-corrected chi connectivity index (χ4v) is 2.86. The minimum Gasteiger partial charge on any atom is -0.322 e. The van der Waals surface area contributed by atoms with E-state index in [1.807, 2.05) is 6.92 Å². The largest absolute Gasteiger partial charge is 0.322 e. The summed E-state index contributed by atoms with van der Waals surface area (Å²) in [5, 5.41) is 9.73. The second kappa shape index (κ2) is 7.71. The lowest BCUT2D eigenvalue weighted by atomic mass is 10.2.